The van der Waals surface area contributed by atoms with Crippen LogP contribution in [0.25, 0.3) is 0 Å². The van der Waals surface area contributed by atoms with Crippen LogP contribution in [0.1, 0.15) is 20.3 Å². The molecular weight excluding hydrogens is 298 g/mol. The van der Waals surface area contributed by atoms with Crippen molar-refractivity contribution in [3.63, 3.8) is 0 Å². The smallest absolute Gasteiger partial charge is 0.405 e. The molecule has 1 aliphatic heterocycles. The van der Waals surface area contributed by atoms with Gasteiger partial charge in [0.15, 0.2) is 0 Å². The molecule has 126 valence electrons. The summed E-state index contributed by atoms with van der Waals surface area (Å²) in [4.78, 5) is 35.6. The number of nitrogens with zero attached hydrogens (tertiary/aromatic N) is 4. The van der Waals surface area contributed by atoms with Crippen LogP contribution in [-0.2, 0) is 4.79 Å². The van der Waals surface area contributed by atoms with Gasteiger partial charge in [0.2, 0.25) is 11.9 Å². The van der Waals surface area contributed by atoms with Gasteiger partial charge in [0.1, 0.15) is 6.04 Å². The quantitative estimate of drug-likeness (QED) is 0.832. The first-order valence-electron chi connectivity index (χ1n) is 7.77. The van der Waals surface area contributed by atoms with Crippen molar-refractivity contribution in [3.8, 4) is 0 Å². The highest BCUT2D eigenvalue weighted by atomic mass is 16.4. The average Bonchev–Trinajstić information content (AvgIpc) is 2.54. The van der Waals surface area contributed by atoms with Gasteiger partial charge in [-0.05, 0) is 18.4 Å². The number of aromatic nitrogens is 2. The standard InChI is InChI=1S/C15H23N5O3/c1-11(2)10-12(18-15(22)23)13(21)19-6-8-20(9-7-19)14-16-4-3-5-17-14/h3-5,11-12,18H,6-10H2,1-2H3,(H,22,23). The number of carbonyl (C=O) groups excluding carboxylic acids is 1. The van der Waals surface area contributed by atoms with Crippen LogP contribution >= 0.6 is 0 Å². The van der Waals surface area contributed by atoms with Gasteiger partial charge in [-0.15, -0.1) is 0 Å². The Morgan fingerprint density at radius 3 is 2.35 bits per heavy atom. The number of anilines is 1. The maximum absolute atomic E-state index is 12.6. The second-order valence-electron chi connectivity index (χ2n) is 5.99. The van der Waals surface area contributed by atoms with Crippen molar-refractivity contribution >= 4 is 17.9 Å². The number of carboxylic acid groups (broad SMARTS) is 1. The van der Waals surface area contributed by atoms with Crippen LogP contribution in [0.4, 0.5) is 10.7 Å². The summed E-state index contributed by atoms with van der Waals surface area (Å²) >= 11 is 0. The molecular formula is C15H23N5O3. The molecule has 0 bridgehead atoms. The maximum Gasteiger partial charge on any atom is 0.405 e. The van der Waals surface area contributed by atoms with Crippen LogP contribution in [0.3, 0.4) is 0 Å². The van der Waals surface area contributed by atoms with Crippen molar-refractivity contribution in [2.45, 2.75) is 26.3 Å². The Labute approximate surface area is 135 Å². The van der Waals surface area contributed by atoms with Crippen LogP contribution in [0, 0.1) is 5.92 Å². The molecule has 0 saturated carbocycles. The number of amides is 2. The highest BCUT2D eigenvalue weighted by Crippen LogP contribution is 2.13. The van der Waals surface area contributed by atoms with Crippen LogP contribution in [0.5, 0.6) is 0 Å². The van der Waals surface area contributed by atoms with Gasteiger partial charge in [-0.3, -0.25) is 4.79 Å². The summed E-state index contributed by atoms with van der Waals surface area (Å²) in [6.07, 6.45) is 2.71. The Balaban J connectivity index is 1.94. The van der Waals surface area contributed by atoms with Gasteiger partial charge < -0.3 is 20.2 Å². The molecule has 0 aliphatic carbocycles. The third kappa shape index (κ3) is 4.80. The minimum absolute atomic E-state index is 0.158. The lowest BCUT2D eigenvalue weighted by atomic mass is 10.0. The van der Waals surface area contributed by atoms with Gasteiger partial charge >= 0.3 is 6.09 Å². The van der Waals surface area contributed by atoms with Gasteiger partial charge in [-0.2, -0.15) is 0 Å². The molecule has 1 fully saturated rings. The second kappa shape index (κ2) is 7.75. The molecule has 2 N–H and O–H groups in total. The van der Waals surface area contributed by atoms with Gasteiger partial charge in [0.05, 0.1) is 0 Å². The fourth-order valence-corrected chi connectivity index (χ4v) is 2.64. The normalized spacial score (nSPS) is 16.3. The van der Waals surface area contributed by atoms with E-state index in [1.807, 2.05) is 18.7 Å². The summed E-state index contributed by atoms with van der Waals surface area (Å²) in [6.45, 7) is 6.28. The molecule has 2 heterocycles. The monoisotopic (exact) mass is 321 g/mol. The molecule has 1 aromatic heterocycles. The third-order valence-corrected chi connectivity index (χ3v) is 3.73. The number of carbonyl (C=O) groups is 2. The van der Waals surface area contributed by atoms with Crippen LogP contribution in [0.15, 0.2) is 18.5 Å². The third-order valence-electron chi connectivity index (χ3n) is 3.73. The molecule has 8 nitrogen and oxygen atoms in total. The first-order chi connectivity index (χ1) is 11.0. The van der Waals surface area contributed by atoms with Crippen LogP contribution < -0.4 is 10.2 Å². The minimum Gasteiger partial charge on any atom is -0.465 e. The molecule has 1 saturated heterocycles. The number of hydrogen-bond donors (Lipinski definition) is 2. The fourth-order valence-electron chi connectivity index (χ4n) is 2.64. The molecule has 23 heavy (non-hydrogen) atoms. The minimum atomic E-state index is -1.17. The average molecular weight is 321 g/mol. The number of rotatable bonds is 5. The molecule has 0 aromatic carbocycles. The van der Waals surface area contributed by atoms with E-state index >= 15 is 0 Å². The summed E-state index contributed by atoms with van der Waals surface area (Å²) in [5.41, 5.74) is 0. The Kier molecular flexibility index (Phi) is 5.72. The van der Waals surface area contributed by atoms with E-state index in [0.717, 1.165) is 0 Å². The first kappa shape index (κ1) is 17.0. The van der Waals surface area contributed by atoms with Gasteiger partial charge in [-0.1, -0.05) is 13.8 Å². The zero-order valence-corrected chi connectivity index (χ0v) is 13.5. The molecule has 1 atom stereocenters. The molecule has 8 heteroatoms. The van der Waals surface area contributed by atoms with Crippen LogP contribution in [-0.4, -0.2) is 64.2 Å². The van der Waals surface area contributed by atoms with Gasteiger partial charge in [0.25, 0.3) is 0 Å². The van der Waals surface area contributed by atoms with Crippen molar-refractivity contribution in [2.24, 2.45) is 5.92 Å². The van der Waals surface area contributed by atoms with Crippen molar-refractivity contribution in [1.29, 1.82) is 0 Å². The molecule has 1 aliphatic rings. The zero-order chi connectivity index (χ0) is 16.8. The SMILES string of the molecule is CC(C)CC(NC(=O)O)C(=O)N1CCN(c2ncccn2)CC1. The summed E-state index contributed by atoms with van der Waals surface area (Å²) in [7, 11) is 0. The molecule has 0 spiro atoms. The Morgan fingerprint density at radius 1 is 1.22 bits per heavy atom. The fraction of sp³-hybridized carbons (Fsp3) is 0.600. The van der Waals surface area contributed by atoms with Gasteiger partial charge in [-0.25, -0.2) is 14.8 Å². The lowest BCUT2D eigenvalue weighted by molar-refractivity contribution is -0.134. The summed E-state index contributed by atoms with van der Waals surface area (Å²) in [5.74, 6) is 0.728. The molecule has 1 aromatic rings. The van der Waals surface area contributed by atoms with E-state index in [1.165, 1.54) is 0 Å². The van der Waals surface area contributed by atoms with E-state index in [9.17, 15) is 9.59 Å². The summed E-state index contributed by atoms with van der Waals surface area (Å²) < 4.78 is 0. The number of hydrogen-bond acceptors (Lipinski definition) is 5. The Hall–Kier alpha value is -2.38. The van der Waals surface area contributed by atoms with Crippen molar-refractivity contribution in [2.75, 3.05) is 31.1 Å². The Morgan fingerprint density at radius 2 is 1.83 bits per heavy atom. The van der Waals surface area contributed by atoms with E-state index < -0.39 is 12.1 Å². The number of piperazine rings is 1. The van der Waals surface area contributed by atoms with Crippen molar-refractivity contribution in [3.05, 3.63) is 18.5 Å². The summed E-state index contributed by atoms with van der Waals surface area (Å²) in [6, 6.07) is 1.07. The van der Waals surface area contributed by atoms with Crippen LogP contribution in [0.2, 0.25) is 0 Å². The second-order valence-corrected chi connectivity index (χ2v) is 5.99. The largest absolute Gasteiger partial charge is 0.465 e. The zero-order valence-electron chi connectivity index (χ0n) is 13.5. The highest BCUT2D eigenvalue weighted by molar-refractivity contribution is 5.85. The molecule has 2 rings (SSSR count). The van der Waals surface area contributed by atoms with E-state index in [0.29, 0.717) is 38.5 Å². The maximum atomic E-state index is 12.6. The van der Waals surface area contributed by atoms with Gasteiger partial charge in [0, 0.05) is 38.6 Å². The predicted molar refractivity (Wildman–Crippen MR) is 85.2 cm³/mol. The molecule has 2 amide bonds. The van der Waals surface area contributed by atoms with Crippen molar-refractivity contribution in [1.82, 2.24) is 20.2 Å². The van der Waals surface area contributed by atoms with E-state index in [1.54, 1.807) is 23.4 Å². The van der Waals surface area contributed by atoms with E-state index in [4.69, 9.17) is 5.11 Å². The number of nitrogens with one attached hydrogen (secondary N) is 1. The van der Waals surface area contributed by atoms with E-state index in [-0.39, 0.29) is 11.8 Å². The lowest BCUT2D eigenvalue weighted by Gasteiger charge is -2.36. The molecule has 1 unspecified atom stereocenters. The first-order valence-corrected chi connectivity index (χ1v) is 7.77. The topological polar surface area (TPSA) is 98.7 Å². The summed E-state index contributed by atoms with van der Waals surface area (Å²) in [5, 5.41) is 11.3. The van der Waals surface area contributed by atoms with E-state index in [2.05, 4.69) is 15.3 Å². The van der Waals surface area contributed by atoms with Crippen molar-refractivity contribution < 1.29 is 14.7 Å². The Bertz CT molecular complexity index is 529. The highest BCUT2D eigenvalue weighted by Gasteiger charge is 2.29. The molecule has 0 radical (unpaired) electrons. The lowest BCUT2D eigenvalue weighted by Crippen LogP contribution is -2.55. The predicted octanol–water partition coefficient (Wildman–Crippen LogP) is 0.807.